The quantitative estimate of drug-likeness (QED) is 0.529. The number of methoxy groups -OCH3 is 1. The van der Waals surface area contributed by atoms with E-state index in [0.717, 1.165) is 60.6 Å². The standard InChI is InChI=1S/C27H33N3O4/c1-32-21-13-23-22(5-2-6-24(23)29-16-21)25(31)18-30-9-3-4-20(17-30)15-28-14-19-7-8-26-27(12-19)34-11-10-33-26/h2,5-8,12-13,16,20,25,28,31H,3-4,9-11,14-15,17-18H2,1H3. The fourth-order valence-corrected chi connectivity index (χ4v) is 5.00. The number of nitrogens with one attached hydrogen (secondary N) is 1. The second-order valence-electron chi connectivity index (χ2n) is 9.18. The predicted molar refractivity (Wildman–Crippen MR) is 132 cm³/mol. The van der Waals surface area contributed by atoms with Crippen molar-refractivity contribution < 1.29 is 19.3 Å². The molecule has 0 amide bonds. The molecule has 5 rings (SSSR count). The van der Waals surface area contributed by atoms with Crippen molar-refractivity contribution in [3.63, 3.8) is 0 Å². The number of hydrogen-bond acceptors (Lipinski definition) is 7. The second-order valence-corrected chi connectivity index (χ2v) is 9.18. The Labute approximate surface area is 200 Å². The molecular formula is C27H33N3O4. The van der Waals surface area contributed by atoms with Gasteiger partial charge in [-0.2, -0.15) is 0 Å². The van der Waals surface area contributed by atoms with E-state index in [-0.39, 0.29) is 0 Å². The van der Waals surface area contributed by atoms with E-state index in [1.54, 1.807) is 13.3 Å². The van der Waals surface area contributed by atoms with E-state index in [0.29, 0.717) is 31.4 Å². The van der Waals surface area contributed by atoms with Gasteiger partial charge in [-0.3, -0.25) is 4.98 Å². The van der Waals surface area contributed by atoms with E-state index in [9.17, 15) is 5.11 Å². The lowest BCUT2D eigenvalue weighted by Gasteiger charge is -2.34. The number of rotatable bonds is 8. The number of β-amino-alcohol motifs (C(OH)–C–C–N with tert-alkyl or cyclic N) is 1. The van der Waals surface area contributed by atoms with E-state index in [4.69, 9.17) is 14.2 Å². The van der Waals surface area contributed by atoms with Gasteiger partial charge in [0, 0.05) is 25.0 Å². The third-order valence-electron chi connectivity index (χ3n) is 6.73. The van der Waals surface area contributed by atoms with E-state index in [1.807, 2.05) is 30.3 Å². The Bertz CT molecular complexity index is 1120. The van der Waals surface area contributed by atoms with Crippen molar-refractivity contribution in [3.05, 3.63) is 59.8 Å². The van der Waals surface area contributed by atoms with Crippen LogP contribution in [0.2, 0.25) is 0 Å². The number of likely N-dealkylation sites (tertiary alicyclic amines) is 1. The summed E-state index contributed by atoms with van der Waals surface area (Å²) in [6.45, 7) is 5.60. The average molecular weight is 464 g/mol. The Morgan fingerprint density at radius 3 is 2.94 bits per heavy atom. The molecule has 7 heteroatoms. The number of aromatic nitrogens is 1. The van der Waals surface area contributed by atoms with Crippen molar-refractivity contribution in [1.29, 1.82) is 0 Å². The highest BCUT2D eigenvalue weighted by atomic mass is 16.6. The molecular weight excluding hydrogens is 430 g/mol. The van der Waals surface area contributed by atoms with Gasteiger partial charge < -0.3 is 29.5 Å². The van der Waals surface area contributed by atoms with E-state index in [1.165, 1.54) is 12.0 Å². The number of nitrogens with zero attached hydrogens (tertiary/aromatic N) is 2. The van der Waals surface area contributed by atoms with Crippen LogP contribution in [0.5, 0.6) is 17.2 Å². The van der Waals surface area contributed by atoms with Crippen LogP contribution < -0.4 is 19.5 Å². The largest absolute Gasteiger partial charge is 0.495 e. The first kappa shape index (κ1) is 22.9. The normalized spacial score (nSPS) is 19.2. The summed E-state index contributed by atoms with van der Waals surface area (Å²) in [7, 11) is 1.64. The number of benzene rings is 2. The van der Waals surface area contributed by atoms with Gasteiger partial charge in [0.05, 0.1) is 24.9 Å². The summed E-state index contributed by atoms with van der Waals surface area (Å²) >= 11 is 0. The maximum absolute atomic E-state index is 11.1. The van der Waals surface area contributed by atoms with Gasteiger partial charge in [-0.1, -0.05) is 18.2 Å². The van der Waals surface area contributed by atoms with Gasteiger partial charge in [0.1, 0.15) is 19.0 Å². The number of aliphatic hydroxyl groups excluding tert-OH is 1. The first-order valence-corrected chi connectivity index (χ1v) is 12.1. The van der Waals surface area contributed by atoms with Crippen LogP contribution in [-0.2, 0) is 6.54 Å². The molecule has 2 N–H and O–H groups in total. The minimum absolute atomic E-state index is 0.562. The molecule has 34 heavy (non-hydrogen) atoms. The molecule has 3 aromatic rings. The smallest absolute Gasteiger partial charge is 0.161 e. The zero-order valence-corrected chi connectivity index (χ0v) is 19.7. The van der Waals surface area contributed by atoms with Gasteiger partial charge in [-0.15, -0.1) is 0 Å². The molecule has 0 radical (unpaired) electrons. The third kappa shape index (κ3) is 5.27. The minimum atomic E-state index is -0.568. The molecule has 2 aromatic carbocycles. The molecule has 1 fully saturated rings. The van der Waals surface area contributed by atoms with Gasteiger partial charge in [-0.25, -0.2) is 0 Å². The molecule has 2 aliphatic heterocycles. The number of fused-ring (bicyclic) bond motifs is 2. The van der Waals surface area contributed by atoms with Crippen LogP contribution >= 0.6 is 0 Å². The predicted octanol–water partition coefficient (Wildman–Crippen LogP) is 3.55. The van der Waals surface area contributed by atoms with Gasteiger partial charge in [-0.05, 0) is 67.2 Å². The third-order valence-corrected chi connectivity index (χ3v) is 6.73. The van der Waals surface area contributed by atoms with Gasteiger partial charge >= 0.3 is 0 Å². The zero-order chi connectivity index (χ0) is 23.3. The van der Waals surface area contributed by atoms with Gasteiger partial charge in [0.25, 0.3) is 0 Å². The molecule has 1 saturated heterocycles. The van der Waals surface area contributed by atoms with Crippen molar-refractivity contribution in [2.45, 2.75) is 25.5 Å². The van der Waals surface area contributed by atoms with E-state index in [2.05, 4.69) is 27.3 Å². The number of piperidine rings is 1. The number of pyridine rings is 1. The summed E-state index contributed by atoms with van der Waals surface area (Å²) in [4.78, 5) is 6.85. The molecule has 2 aliphatic rings. The van der Waals surface area contributed by atoms with Crippen LogP contribution in [0.4, 0.5) is 0 Å². The second kappa shape index (κ2) is 10.6. The molecule has 0 aliphatic carbocycles. The Morgan fingerprint density at radius 1 is 1.18 bits per heavy atom. The highest BCUT2D eigenvalue weighted by Gasteiger charge is 2.23. The summed E-state index contributed by atoms with van der Waals surface area (Å²) in [5.74, 6) is 2.93. The molecule has 7 nitrogen and oxygen atoms in total. The van der Waals surface area contributed by atoms with Crippen molar-refractivity contribution in [3.8, 4) is 17.2 Å². The van der Waals surface area contributed by atoms with Crippen molar-refractivity contribution >= 4 is 10.9 Å². The maximum atomic E-state index is 11.1. The Hall–Kier alpha value is -2.87. The molecule has 2 unspecified atom stereocenters. The number of ether oxygens (including phenoxy) is 3. The summed E-state index contributed by atoms with van der Waals surface area (Å²) < 4.78 is 16.6. The first-order valence-electron chi connectivity index (χ1n) is 12.1. The highest BCUT2D eigenvalue weighted by Crippen LogP contribution is 2.31. The fraction of sp³-hybridized carbons (Fsp3) is 0.444. The molecule has 180 valence electrons. The van der Waals surface area contributed by atoms with E-state index >= 15 is 0 Å². The molecule has 2 atom stereocenters. The Balaban J connectivity index is 1.15. The van der Waals surface area contributed by atoms with Gasteiger partial charge in [0.2, 0.25) is 0 Å². The minimum Gasteiger partial charge on any atom is -0.495 e. The van der Waals surface area contributed by atoms with E-state index < -0.39 is 6.10 Å². The average Bonchev–Trinajstić information content (AvgIpc) is 2.88. The zero-order valence-electron chi connectivity index (χ0n) is 19.7. The maximum Gasteiger partial charge on any atom is 0.161 e. The van der Waals surface area contributed by atoms with Crippen molar-refractivity contribution in [2.75, 3.05) is 46.5 Å². The van der Waals surface area contributed by atoms with Crippen molar-refractivity contribution in [2.24, 2.45) is 5.92 Å². The highest BCUT2D eigenvalue weighted by molar-refractivity contribution is 5.83. The fourth-order valence-electron chi connectivity index (χ4n) is 5.00. The van der Waals surface area contributed by atoms with Gasteiger partial charge in [0.15, 0.2) is 11.5 Å². The van der Waals surface area contributed by atoms with Crippen LogP contribution in [0.3, 0.4) is 0 Å². The summed E-state index contributed by atoms with van der Waals surface area (Å²) in [6.07, 6.45) is 3.50. The monoisotopic (exact) mass is 463 g/mol. The summed E-state index contributed by atoms with van der Waals surface area (Å²) in [5, 5.41) is 15.7. The SMILES string of the molecule is COc1cnc2cccc(C(O)CN3CCCC(CNCc4ccc5c(c4)OCCO5)C3)c2c1. The number of hydrogen-bond donors (Lipinski definition) is 2. The lowest BCUT2D eigenvalue weighted by Crippen LogP contribution is -2.41. The molecule has 0 spiro atoms. The van der Waals surface area contributed by atoms with Crippen molar-refractivity contribution in [1.82, 2.24) is 15.2 Å². The lowest BCUT2D eigenvalue weighted by molar-refractivity contribution is 0.0849. The van der Waals surface area contributed by atoms with Crippen LogP contribution in [-0.4, -0.2) is 61.5 Å². The Morgan fingerprint density at radius 2 is 2.06 bits per heavy atom. The van der Waals surface area contributed by atoms with Crippen LogP contribution in [0.1, 0.15) is 30.1 Å². The summed E-state index contributed by atoms with van der Waals surface area (Å²) in [6, 6.07) is 14.0. The molecule has 0 bridgehead atoms. The topological polar surface area (TPSA) is 76.1 Å². The lowest BCUT2D eigenvalue weighted by atomic mass is 9.96. The summed E-state index contributed by atoms with van der Waals surface area (Å²) in [5.41, 5.74) is 2.98. The van der Waals surface area contributed by atoms with Crippen LogP contribution in [0, 0.1) is 5.92 Å². The molecule has 1 aromatic heterocycles. The Kier molecular flexibility index (Phi) is 7.13. The van der Waals surface area contributed by atoms with Crippen LogP contribution in [0.15, 0.2) is 48.7 Å². The molecule has 3 heterocycles. The van der Waals surface area contributed by atoms with Crippen LogP contribution in [0.25, 0.3) is 10.9 Å². The molecule has 0 saturated carbocycles. The number of aliphatic hydroxyl groups is 1. The first-order chi connectivity index (χ1) is 16.7.